The van der Waals surface area contributed by atoms with Crippen molar-refractivity contribution in [2.75, 3.05) is 46.3 Å². The minimum absolute atomic E-state index is 0. The second-order valence-corrected chi connectivity index (χ2v) is 7.99. The molecule has 2 fully saturated rings. The van der Waals surface area contributed by atoms with Crippen LogP contribution < -0.4 is 5.32 Å². The lowest BCUT2D eigenvalue weighted by molar-refractivity contribution is -0.135. The molecule has 1 amide bonds. The number of benzene rings is 1. The molecule has 0 aliphatic carbocycles. The predicted molar refractivity (Wildman–Crippen MR) is 116 cm³/mol. The number of amides is 1. The molecule has 0 aromatic heterocycles. The van der Waals surface area contributed by atoms with Crippen LogP contribution in [0, 0.1) is 5.92 Å². The van der Waals surface area contributed by atoms with Gasteiger partial charge in [0.25, 0.3) is 0 Å². The summed E-state index contributed by atoms with van der Waals surface area (Å²) in [5.41, 5.74) is 1.22. The zero-order chi connectivity index (χ0) is 18.9. The van der Waals surface area contributed by atoms with E-state index in [0.29, 0.717) is 19.1 Å². The van der Waals surface area contributed by atoms with Crippen LogP contribution in [0.15, 0.2) is 30.3 Å². The zero-order valence-electron chi connectivity index (χ0n) is 17.1. The van der Waals surface area contributed by atoms with Crippen LogP contribution in [0.5, 0.6) is 0 Å². The van der Waals surface area contributed by atoms with Crippen LogP contribution in [0.4, 0.5) is 0 Å². The number of likely N-dealkylation sites (tertiary alicyclic amines) is 2. The van der Waals surface area contributed by atoms with Gasteiger partial charge in [-0.2, -0.15) is 0 Å². The normalized spacial score (nSPS) is 19.4. The number of carbonyl (C=O) groups is 1. The molecule has 0 spiro atoms. The maximum Gasteiger partial charge on any atom is 0.236 e. The second kappa shape index (κ2) is 12.4. The first kappa shape index (κ1) is 23.1. The van der Waals surface area contributed by atoms with Crippen molar-refractivity contribution in [2.45, 2.75) is 44.8 Å². The first-order valence-corrected chi connectivity index (χ1v) is 10.5. The maximum atomic E-state index is 12.6. The molecule has 28 heavy (non-hydrogen) atoms. The van der Waals surface area contributed by atoms with Crippen molar-refractivity contribution in [1.29, 1.82) is 0 Å². The number of nitrogens with one attached hydrogen (secondary N) is 1. The van der Waals surface area contributed by atoms with E-state index >= 15 is 0 Å². The van der Waals surface area contributed by atoms with Crippen molar-refractivity contribution in [3.63, 3.8) is 0 Å². The highest BCUT2D eigenvalue weighted by molar-refractivity contribution is 5.85. The number of ether oxygens (including phenoxy) is 1. The Hall–Kier alpha value is -1.14. The molecular weight excluding hydrogens is 374 g/mol. The van der Waals surface area contributed by atoms with E-state index in [0.717, 1.165) is 51.5 Å². The third-order valence-corrected chi connectivity index (χ3v) is 5.99. The highest BCUT2D eigenvalue weighted by Crippen LogP contribution is 2.21. The van der Waals surface area contributed by atoms with Gasteiger partial charge >= 0.3 is 0 Å². The molecule has 2 aliphatic rings. The van der Waals surface area contributed by atoms with E-state index in [4.69, 9.17) is 4.74 Å². The van der Waals surface area contributed by atoms with Crippen LogP contribution in [0.2, 0.25) is 0 Å². The summed E-state index contributed by atoms with van der Waals surface area (Å²) in [7, 11) is 2.02. The molecule has 158 valence electrons. The molecule has 1 aromatic rings. The Morgan fingerprint density at radius 3 is 2.39 bits per heavy atom. The Morgan fingerprint density at radius 1 is 1.07 bits per heavy atom. The van der Waals surface area contributed by atoms with Crippen LogP contribution >= 0.6 is 12.4 Å². The molecule has 2 saturated heterocycles. The first-order chi connectivity index (χ1) is 13.2. The van der Waals surface area contributed by atoms with E-state index in [9.17, 15) is 4.79 Å². The molecule has 0 atom stereocenters. The van der Waals surface area contributed by atoms with E-state index in [2.05, 4.69) is 22.3 Å². The van der Waals surface area contributed by atoms with Gasteiger partial charge in [0.2, 0.25) is 5.91 Å². The highest BCUT2D eigenvalue weighted by atomic mass is 35.5. The number of hydrogen-bond acceptors (Lipinski definition) is 4. The highest BCUT2D eigenvalue weighted by Gasteiger charge is 2.26. The summed E-state index contributed by atoms with van der Waals surface area (Å²) in [5, 5.41) is 3.24. The van der Waals surface area contributed by atoms with Crippen LogP contribution in [-0.4, -0.2) is 68.1 Å². The molecule has 6 heteroatoms. The topological polar surface area (TPSA) is 44.8 Å². The van der Waals surface area contributed by atoms with Crippen LogP contribution in [0.25, 0.3) is 0 Å². The zero-order valence-corrected chi connectivity index (χ0v) is 18.0. The molecule has 0 radical (unpaired) electrons. The van der Waals surface area contributed by atoms with Crippen molar-refractivity contribution in [3.8, 4) is 0 Å². The van der Waals surface area contributed by atoms with Crippen molar-refractivity contribution in [2.24, 2.45) is 5.92 Å². The largest absolute Gasteiger partial charge is 0.373 e. The van der Waals surface area contributed by atoms with Crippen LogP contribution in [0.1, 0.15) is 37.7 Å². The summed E-state index contributed by atoms with van der Waals surface area (Å²) in [6.45, 7) is 6.16. The van der Waals surface area contributed by atoms with Crippen molar-refractivity contribution >= 4 is 18.3 Å². The van der Waals surface area contributed by atoms with Crippen molar-refractivity contribution in [1.82, 2.24) is 15.1 Å². The van der Waals surface area contributed by atoms with Gasteiger partial charge in [0.05, 0.1) is 19.3 Å². The van der Waals surface area contributed by atoms with Gasteiger partial charge in [0.1, 0.15) is 0 Å². The van der Waals surface area contributed by atoms with Gasteiger partial charge in [-0.1, -0.05) is 30.3 Å². The number of halogens is 1. The number of hydrogen-bond donors (Lipinski definition) is 1. The fraction of sp³-hybridized carbons (Fsp3) is 0.682. The minimum Gasteiger partial charge on any atom is -0.373 e. The lowest BCUT2D eigenvalue weighted by Gasteiger charge is -2.35. The summed E-state index contributed by atoms with van der Waals surface area (Å²) in [6.07, 6.45) is 5.89. The number of piperidine rings is 2. The molecule has 1 N–H and O–H groups in total. The lowest BCUT2D eigenvalue weighted by Crippen LogP contribution is -2.47. The standard InChI is InChI=1S/C22H35N3O2.ClH/c1-23-12-7-19-8-13-24(14-9-19)17-22(26)25-15-10-21(11-16-25)27-18-20-5-3-2-4-6-20;/h2-6,19,21,23H,7-18H2,1H3;1H. The first-order valence-electron chi connectivity index (χ1n) is 10.5. The van der Waals surface area contributed by atoms with Gasteiger partial charge in [-0.15, -0.1) is 12.4 Å². The maximum absolute atomic E-state index is 12.6. The van der Waals surface area contributed by atoms with E-state index in [-0.39, 0.29) is 18.5 Å². The Kier molecular flexibility index (Phi) is 10.3. The minimum atomic E-state index is 0. The predicted octanol–water partition coefficient (Wildman–Crippen LogP) is 2.94. The third kappa shape index (κ3) is 7.36. The number of rotatable bonds is 8. The van der Waals surface area contributed by atoms with E-state index in [1.165, 1.54) is 24.8 Å². The summed E-state index contributed by atoms with van der Waals surface area (Å²) < 4.78 is 6.04. The fourth-order valence-corrected chi connectivity index (χ4v) is 4.13. The van der Waals surface area contributed by atoms with Gasteiger partial charge in [-0.05, 0) is 70.3 Å². The van der Waals surface area contributed by atoms with Crippen molar-refractivity contribution in [3.05, 3.63) is 35.9 Å². The Bertz CT molecular complexity index is 556. The Balaban J connectivity index is 0.00000280. The molecule has 1 aromatic carbocycles. The molecule has 0 saturated carbocycles. The summed E-state index contributed by atoms with van der Waals surface area (Å²) in [5.74, 6) is 1.12. The molecule has 3 rings (SSSR count). The van der Waals surface area contributed by atoms with Crippen LogP contribution in [0.3, 0.4) is 0 Å². The van der Waals surface area contributed by atoms with Gasteiger partial charge in [-0.25, -0.2) is 0 Å². The average molecular weight is 410 g/mol. The summed E-state index contributed by atoms with van der Waals surface area (Å²) in [4.78, 5) is 17.0. The quantitative estimate of drug-likeness (QED) is 0.717. The van der Waals surface area contributed by atoms with E-state index in [1.807, 2.05) is 30.1 Å². The van der Waals surface area contributed by atoms with Gasteiger partial charge < -0.3 is 15.0 Å². The molecule has 2 aliphatic heterocycles. The van der Waals surface area contributed by atoms with Gasteiger partial charge in [0, 0.05) is 13.1 Å². The Labute approximate surface area is 176 Å². The second-order valence-electron chi connectivity index (χ2n) is 7.99. The fourth-order valence-electron chi connectivity index (χ4n) is 4.13. The summed E-state index contributed by atoms with van der Waals surface area (Å²) >= 11 is 0. The Morgan fingerprint density at radius 2 is 1.75 bits per heavy atom. The van der Waals surface area contributed by atoms with Gasteiger partial charge in [0.15, 0.2) is 0 Å². The van der Waals surface area contributed by atoms with Crippen LogP contribution in [-0.2, 0) is 16.1 Å². The van der Waals surface area contributed by atoms with Gasteiger partial charge in [-0.3, -0.25) is 9.69 Å². The third-order valence-electron chi connectivity index (χ3n) is 5.99. The summed E-state index contributed by atoms with van der Waals surface area (Å²) in [6, 6.07) is 10.3. The smallest absolute Gasteiger partial charge is 0.236 e. The number of nitrogens with zero attached hydrogens (tertiary/aromatic N) is 2. The van der Waals surface area contributed by atoms with E-state index < -0.39 is 0 Å². The average Bonchev–Trinajstić information content (AvgIpc) is 2.73. The monoisotopic (exact) mass is 409 g/mol. The SMILES string of the molecule is CNCCC1CCN(CC(=O)N2CCC(OCc3ccccc3)CC2)CC1.Cl. The lowest BCUT2D eigenvalue weighted by atomic mass is 9.93. The molecule has 5 nitrogen and oxygen atoms in total. The molecule has 2 heterocycles. The molecular formula is C22H36ClN3O2. The molecule has 0 bridgehead atoms. The molecule has 0 unspecified atom stereocenters. The number of carbonyl (C=O) groups excluding carboxylic acids is 1. The van der Waals surface area contributed by atoms with E-state index in [1.54, 1.807) is 0 Å². The van der Waals surface area contributed by atoms with Crippen molar-refractivity contribution < 1.29 is 9.53 Å².